The van der Waals surface area contributed by atoms with Gasteiger partial charge in [-0.1, -0.05) is 53.8 Å². The van der Waals surface area contributed by atoms with Crippen molar-refractivity contribution in [3.05, 3.63) is 63.2 Å². The van der Waals surface area contributed by atoms with E-state index in [9.17, 15) is 4.79 Å². The maximum absolute atomic E-state index is 11.8. The molecule has 2 heterocycles. The number of hydrogen-bond acceptors (Lipinski definition) is 4. The molecule has 0 atom stereocenters. The first kappa shape index (κ1) is 10.9. The molecule has 0 radical (unpaired) electrons. The topological polar surface area (TPSA) is 47.3 Å². The summed E-state index contributed by atoms with van der Waals surface area (Å²) in [5, 5.41) is 3.86. The van der Waals surface area contributed by atoms with Crippen LogP contribution in [0.2, 0.25) is 0 Å². The van der Waals surface area contributed by atoms with Crippen molar-refractivity contribution in [3.63, 3.8) is 0 Å². The quantitative estimate of drug-likeness (QED) is 0.694. The van der Waals surface area contributed by atoms with Gasteiger partial charge in [0.05, 0.1) is 4.53 Å². The van der Waals surface area contributed by atoms with Crippen molar-refractivity contribution in [2.75, 3.05) is 0 Å². The summed E-state index contributed by atoms with van der Waals surface area (Å²) in [7, 11) is 0. The van der Waals surface area contributed by atoms with E-state index in [1.165, 1.54) is 22.2 Å². The van der Waals surface area contributed by atoms with Gasteiger partial charge in [0.2, 0.25) is 4.96 Å². The monoisotopic (exact) mass is 255 g/mol. The molecule has 3 aromatic rings. The van der Waals surface area contributed by atoms with Crippen molar-refractivity contribution in [2.24, 2.45) is 0 Å². The van der Waals surface area contributed by atoms with Gasteiger partial charge in [-0.25, -0.2) is 4.98 Å². The number of nitrogens with zero attached hydrogens (tertiary/aromatic N) is 3. The molecule has 0 spiro atoms. The summed E-state index contributed by atoms with van der Waals surface area (Å²) in [5.41, 5.74) is 0.978. The van der Waals surface area contributed by atoms with Gasteiger partial charge in [-0.05, 0) is 11.6 Å². The third-order valence-corrected chi connectivity index (χ3v) is 3.45. The first-order valence-corrected chi connectivity index (χ1v) is 6.22. The molecule has 0 unspecified atom stereocenters. The molecule has 1 aromatic carbocycles. The van der Waals surface area contributed by atoms with Crippen LogP contribution >= 0.6 is 11.3 Å². The van der Waals surface area contributed by atoms with E-state index in [0.717, 1.165) is 5.56 Å². The maximum atomic E-state index is 11.8. The van der Waals surface area contributed by atoms with E-state index in [-0.39, 0.29) is 5.56 Å². The summed E-state index contributed by atoms with van der Waals surface area (Å²) in [4.78, 5) is 16.5. The fraction of sp³-hybridized carbons (Fsp3) is 0. The lowest BCUT2D eigenvalue weighted by Crippen LogP contribution is -2.23. The van der Waals surface area contributed by atoms with Crippen LogP contribution in [0.1, 0.15) is 5.56 Å². The number of thiazole rings is 1. The van der Waals surface area contributed by atoms with Crippen LogP contribution in [0, 0.1) is 0 Å². The third kappa shape index (κ3) is 1.96. The van der Waals surface area contributed by atoms with E-state index in [0.29, 0.717) is 9.49 Å². The van der Waals surface area contributed by atoms with Crippen LogP contribution in [-0.4, -0.2) is 14.6 Å². The lowest BCUT2D eigenvalue weighted by Gasteiger charge is -1.87. The van der Waals surface area contributed by atoms with E-state index >= 15 is 0 Å². The molecule has 5 heteroatoms. The number of hydrogen-bond donors (Lipinski definition) is 0. The predicted molar refractivity (Wildman–Crippen MR) is 72.3 cm³/mol. The SMILES string of the molecule is O=c1/c(=C/C=C/c2ccccc2)sc2ncnn12. The second kappa shape index (κ2) is 4.54. The summed E-state index contributed by atoms with van der Waals surface area (Å²) in [6.45, 7) is 0. The highest BCUT2D eigenvalue weighted by molar-refractivity contribution is 7.15. The molecule has 0 bridgehead atoms. The second-order valence-electron chi connectivity index (χ2n) is 3.66. The minimum Gasteiger partial charge on any atom is -0.266 e. The molecular weight excluding hydrogens is 246 g/mol. The highest BCUT2D eigenvalue weighted by Crippen LogP contribution is 2.01. The van der Waals surface area contributed by atoms with Crippen molar-refractivity contribution in [3.8, 4) is 0 Å². The van der Waals surface area contributed by atoms with E-state index in [4.69, 9.17) is 0 Å². The van der Waals surface area contributed by atoms with Crippen LogP contribution in [0.4, 0.5) is 0 Å². The van der Waals surface area contributed by atoms with Crippen LogP contribution in [0.3, 0.4) is 0 Å². The van der Waals surface area contributed by atoms with Gasteiger partial charge in [0.15, 0.2) is 0 Å². The van der Waals surface area contributed by atoms with Gasteiger partial charge in [-0.15, -0.1) is 0 Å². The van der Waals surface area contributed by atoms with Crippen molar-refractivity contribution in [1.82, 2.24) is 14.6 Å². The summed E-state index contributed by atoms with van der Waals surface area (Å²) in [6, 6.07) is 9.93. The molecule has 88 valence electrons. The summed E-state index contributed by atoms with van der Waals surface area (Å²) >= 11 is 1.34. The average molecular weight is 255 g/mol. The molecule has 0 aliphatic rings. The molecule has 0 saturated heterocycles. The molecule has 0 saturated carbocycles. The van der Waals surface area contributed by atoms with E-state index in [1.807, 2.05) is 42.5 Å². The minimum atomic E-state index is -0.120. The summed E-state index contributed by atoms with van der Waals surface area (Å²) in [6.07, 6.45) is 6.99. The van der Waals surface area contributed by atoms with Gasteiger partial charge in [0.25, 0.3) is 5.56 Å². The van der Waals surface area contributed by atoms with Crippen LogP contribution in [0.5, 0.6) is 0 Å². The van der Waals surface area contributed by atoms with Crippen molar-refractivity contribution in [2.45, 2.75) is 0 Å². The highest BCUT2D eigenvalue weighted by Gasteiger charge is 2.03. The van der Waals surface area contributed by atoms with E-state index < -0.39 is 0 Å². The van der Waals surface area contributed by atoms with Gasteiger partial charge in [0.1, 0.15) is 6.33 Å². The molecule has 0 aliphatic carbocycles. The molecular formula is C13H9N3OS. The number of rotatable bonds is 2. The van der Waals surface area contributed by atoms with Gasteiger partial charge in [0, 0.05) is 0 Å². The highest BCUT2D eigenvalue weighted by atomic mass is 32.1. The normalized spacial score (nSPS) is 12.8. The van der Waals surface area contributed by atoms with E-state index in [1.54, 1.807) is 6.08 Å². The lowest BCUT2D eigenvalue weighted by atomic mass is 10.2. The Bertz CT molecular complexity index is 802. The van der Waals surface area contributed by atoms with Gasteiger partial charge in [-0.2, -0.15) is 9.61 Å². The van der Waals surface area contributed by atoms with Crippen LogP contribution in [-0.2, 0) is 0 Å². The standard InChI is InChI=1S/C13H9N3OS/c17-12-11(18-13-14-9-15-16(12)13)8-4-7-10-5-2-1-3-6-10/h1-9H/b7-4+,11-8-. The molecule has 0 N–H and O–H groups in total. The van der Waals surface area contributed by atoms with Crippen LogP contribution in [0.25, 0.3) is 17.1 Å². The Balaban J connectivity index is 1.97. The first-order chi connectivity index (χ1) is 8.84. The Morgan fingerprint density at radius 1 is 1.22 bits per heavy atom. The lowest BCUT2D eigenvalue weighted by molar-refractivity contribution is 0.932. The molecule has 0 amide bonds. The predicted octanol–water partition coefficient (Wildman–Crippen LogP) is 1.36. The Morgan fingerprint density at radius 2 is 2.06 bits per heavy atom. The zero-order valence-corrected chi connectivity index (χ0v) is 10.2. The Kier molecular flexibility index (Phi) is 2.74. The van der Waals surface area contributed by atoms with Crippen LogP contribution in [0.15, 0.2) is 47.5 Å². The van der Waals surface area contributed by atoms with Crippen LogP contribution < -0.4 is 10.1 Å². The minimum absolute atomic E-state index is 0.120. The van der Waals surface area contributed by atoms with Gasteiger partial charge >= 0.3 is 0 Å². The van der Waals surface area contributed by atoms with Crippen molar-refractivity contribution >= 4 is 28.4 Å². The van der Waals surface area contributed by atoms with E-state index in [2.05, 4.69) is 10.1 Å². The number of benzene rings is 1. The van der Waals surface area contributed by atoms with Gasteiger partial charge < -0.3 is 0 Å². The fourth-order valence-electron chi connectivity index (χ4n) is 1.60. The average Bonchev–Trinajstić information content (AvgIpc) is 2.96. The Hall–Kier alpha value is -2.27. The van der Waals surface area contributed by atoms with Crippen molar-refractivity contribution < 1.29 is 0 Å². The summed E-state index contributed by atoms with van der Waals surface area (Å²) in [5.74, 6) is 0. The molecule has 3 rings (SSSR count). The van der Waals surface area contributed by atoms with Gasteiger partial charge in [-0.3, -0.25) is 4.79 Å². The number of allylic oxidation sites excluding steroid dienone is 1. The Morgan fingerprint density at radius 3 is 2.83 bits per heavy atom. The smallest absolute Gasteiger partial charge is 0.266 e. The largest absolute Gasteiger partial charge is 0.291 e. The fourth-order valence-corrected chi connectivity index (χ4v) is 2.44. The maximum Gasteiger partial charge on any atom is 0.291 e. The molecule has 2 aromatic heterocycles. The second-order valence-corrected chi connectivity index (χ2v) is 4.67. The first-order valence-electron chi connectivity index (χ1n) is 5.40. The molecule has 0 fully saturated rings. The number of aromatic nitrogens is 3. The summed E-state index contributed by atoms with van der Waals surface area (Å²) < 4.78 is 1.95. The molecule has 18 heavy (non-hydrogen) atoms. The zero-order chi connectivity index (χ0) is 12.4. The zero-order valence-electron chi connectivity index (χ0n) is 9.35. The third-order valence-electron chi connectivity index (χ3n) is 2.46. The Labute approximate surface area is 107 Å². The molecule has 0 aliphatic heterocycles. The number of fused-ring (bicyclic) bond motifs is 1. The molecule has 4 nitrogen and oxygen atoms in total. The van der Waals surface area contributed by atoms with Crippen molar-refractivity contribution in [1.29, 1.82) is 0 Å².